The quantitative estimate of drug-likeness (QED) is 0.875. The van der Waals surface area contributed by atoms with Crippen molar-refractivity contribution in [3.05, 3.63) is 34.3 Å². The van der Waals surface area contributed by atoms with Gasteiger partial charge in [-0.25, -0.2) is 0 Å². The third-order valence-electron chi connectivity index (χ3n) is 2.72. The third kappa shape index (κ3) is 4.62. The van der Waals surface area contributed by atoms with Crippen LogP contribution in [0.3, 0.4) is 0 Å². The summed E-state index contributed by atoms with van der Waals surface area (Å²) in [5, 5.41) is 9.96. The van der Waals surface area contributed by atoms with Crippen molar-refractivity contribution >= 4 is 27.7 Å². The molecule has 96 valence electrons. The van der Waals surface area contributed by atoms with Crippen LogP contribution in [0.5, 0.6) is 0 Å². The second kappa shape index (κ2) is 6.78. The van der Waals surface area contributed by atoms with Crippen LogP contribution < -0.4 is 5.73 Å². The zero-order valence-electron chi connectivity index (χ0n) is 10.4. The molecule has 1 aromatic rings. The van der Waals surface area contributed by atoms with Crippen molar-refractivity contribution < 1.29 is 5.11 Å². The maximum Gasteiger partial charge on any atom is 0.0628 e. The van der Waals surface area contributed by atoms with Crippen LogP contribution in [0.15, 0.2) is 28.7 Å². The van der Waals surface area contributed by atoms with Crippen LogP contribution in [0.1, 0.15) is 31.6 Å². The number of hydrogen-bond donors (Lipinski definition) is 2. The van der Waals surface area contributed by atoms with E-state index in [1.807, 2.05) is 32.9 Å². The highest BCUT2D eigenvalue weighted by Gasteiger charge is 2.21. The van der Waals surface area contributed by atoms with E-state index in [1.165, 1.54) is 5.56 Å². The minimum absolute atomic E-state index is 0.0578. The van der Waals surface area contributed by atoms with Crippen LogP contribution in [0.2, 0.25) is 0 Å². The van der Waals surface area contributed by atoms with Crippen molar-refractivity contribution in [3.63, 3.8) is 0 Å². The Bertz CT molecular complexity index is 340. The Kier molecular flexibility index (Phi) is 6.00. The Balaban J connectivity index is 2.82. The van der Waals surface area contributed by atoms with Gasteiger partial charge in [-0.15, -0.1) is 11.8 Å². The zero-order chi connectivity index (χ0) is 13.0. The summed E-state index contributed by atoms with van der Waals surface area (Å²) in [6, 6.07) is 8.28. The zero-order valence-corrected chi connectivity index (χ0v) is 12.8. The average Bonchev–Trinajstić information content (AvgIpc) is 2.26. The second-order valence-corrected chi connectivity index (χ2v) is 6.85. The van der Waals surface area contributed by atoms with E-state index < -0.39 is 0 Å². The minimum atomic E-state index is -0.323. The molecule has 0 saturated carbocycles. The molecule has 17 heavy (non-hydrogen) atoms. The fourth-order valence-corrected chi connectivity index (χ4v) is 3.02. The van der Waals surface area contributed by atoms with E-state index in [0.717, 1.165) is 4.47 Å². The molecule has 0 fully saturated rings. The summed E-state index contributed by atoms with van der Waals surface area (Å²) in [6.45, 7) is 5.86. The van der Waals surface area contributed by atoms with Crippen LogP contribution in [0.4, 0.5) is 0 Å². The van der Waals surface area contributed by atoms with Gasteiger partial charge in [-0.1, -0.05) is 35.0 Å². The topological polar surface area (TPSA) is 46.2 Å². The number of aliphatic hydroxyl groups is 1. The SMILES string of the molecule is CC(N)C(SC(C)C(C)O)c1ccc(Br)cc1. The fourth-order valence-electron chi connectivity index (χ4n) is 1.50. The summed E-state index contributed by atoms with van der Waals surface area (Å²) < 4.78 is 1.07. The molecule has 3 N–H and O–H groups in total. The van der Waals surface area contributed by atoms with Crippen LogP contribution in [-0.4, -0.2) is 22.5 Å². The van der Waals surface area contributed by atoms with Gasteiger partial charge in [0.1, 0.15) is 0 Å². The van der Waals surface area contributed by atoms with Gasteiger partial charge in [0, 0.05) is 21.0 Å². The van der Waals surface area contributed by atoms with E-state index >= 15 is 0 Å². The van der Waals surface area contributed by atoms with E-state index in [0.29, 0.717) is 0 Å². The Labute approximate surface area is 116 Å². The highest BCUT2D eigenvalue weighted by molar-refractivity contribution is 9.10. The normalized spacial score (nSPS) is 18.5. The molecular weight excluding hydrogens is 298 g/mol. The molecule has 0 amide bonds. The molecule has 4 heteroatoms. The van der Waals surface area contributed by atoms with E-state index in [9.17, 15) is 5.11 Å². The lowest BCUT2D eigenvalue weighted by Crippen LogP contribution is -2.26. The third-order valence-corrected chi connectivity index (χ3v) is 5.06. The number of thioether (sulfide) groups is 1. The van der Waals surface area contributed by atoms with Crippen LogP contribution in [0, 0.1) is 0 Å². The van der Waals surface area contributed by atoms with Crippen molar-refractivity contribution in [2.24, 2.45) is 5.73 Å². The van der Waals surface area contributed by atoms with E-state index in [-0.39, 0.29) is 22.6 Å². The molecule has 1 aromatic carbocycles. The Hall–Kier alpha value is -0.0300. The lowest BCUT2D eigenvalue weighted by molar-refractivity contribution is 0.196. The van der Waals surface area contributed by atoms with Crippen molar-refractivity contribution in [3.8, 4) is 0 Å². The number of benzene rings is 1. The molecular formula is C13H20BrNOS. The van der Waals surface area contributed by atoms with E-state index in [2.05, 4.69) is 28.1 Å². The summed E-state index contributed by atoms with van der Waals surface area (Å²) in [5.74, 6) is 0. The molecule has 0 saturated heterocycles. The highest BCUT2D eigenvalue weighted by Crippen LogP contribution is 2.35. The maximum atomic E-state index is 9.57. The van der Waals surface area contributed by atoms with Gasteiger partial charge in [0.05, 0.1) is 6.10 Å². The van der Waals surface area contributed by atoms with Gasteiger partial charge in [0.2, 0.25) is 0 Å². The van der Waals surface area contributed by atoms with Gasteiger partial charge in [-0.2, -0.15) is 0 Å². The van der Waals surface area contributed by atoms with Gasteiger partial charge < -0.3 is 10.8 Å². The summed E-state index contributed by atoms with van der Waals surface area (Å²) in [7, 11) is 0. The molecule has 4 unspecified atom stereocenters. The number of rotatable bonds is 5. The molecule has 0 heterocycles. The Morgan fingerprint density at radius 1 is 1.18 bits per heavy atom. The fraction of sp³-hybridized carbons (Fsp3) is 0.538. The van der Waals surface area contributed by atoms with Gasteiger partial charge in [0.25, 0.3) is 0 Å². The van der Waals surface area contributed by atoms with Gasteiger partial charge in [-0.05, 0) is 31.5 Å². The van der Waals surface area contributed by atoms with E-state index in [1.54, 1.807) is 11.8 Å². The highest BCUT2D eigenvalue weighted by atomic mass is 79.9. The largest absolute Gasteiger partial charge is 0.392 e. The molecule has 0 bridgehead atoms. The number of hydrogen-bond acceptors (Lipinski definition) is 3. The number of halogens is 1. The predicted octanol–water partition coefficient (Wildman–Crippen LogP) is 3.34. The molecule has 0 aliphatic carbocycles. The summed E-state index contributed by atoms with van der Waals surface area (Å²) in [6.07, 6.45) is -0.323. The molecule has 0 radical (unpaired) electrons. The average molecular weight is 318 g/mol. The number of aliphatic hydroxyl groups excluding tert-OH is 1. The van der Waals surface area contributed by atoms with Crippen molar-refractivity contribution in [1.29, 1.82) is 0 Å². The first-order valence-electron chi connectivity index (χ1n) is 5.76. The van der Waals surface area contributed by atoms with Gasteiger partial charge in [0.15, 0.2) is 0 Å². The molecule has 4 atom stereocenters. The number of nitrogens with two attached hydrogens (primary N) is 1. The van der Waals surface area contributed by atoms with Crippen LogP contribution in [-0.2, 0) is 0 Å². The first kappa shape index (κ1) is 15.0. The molecule has 0 aliphatic rings. The van der Waals surface area contributed by atoms with E-state index in [4.69, 9.17) is 5.73 Å². The van der Waals surface area contributed by atoms with Crippen LogP contribution >= 0.6 is 27.7 Å². The first-order chi connectivity index (χ1) is 7.91. The first-order valence-corrected chi connectivity index (χ1v) is 7.50. The molecule has 1 rings (SSSR count). The molecule has 0 aliphatic heterocycles. The monoisotopic (exact) mass is 317 g/mol. The summed E-state index contributed by atoms with van der Waals surface area (Å²) >= 11 is 5.16. The Morgan fingerprint density at radius 2 is 1.71 bits per heavy atom. The van der Waals surface area contributed by atoms with Crippen molar-refractivity contribution in [2.75, 3.05) is 0 Å². The lowest BCUT2D eigenvalue weighted by Gasteiger charge is -2.25. The summed E-state index contributed by atoms with van der Waals surface area (Å²) in [4.78, 5) is 0. The predicted molar refractivity (Wildman–Crippen MR) is 79.3 cm³/mol. The molecule has 0 aromatic heterocycles. The Morgan fingerprint density at radius 3 is 2.12 bits per heavy atom. The molecule has 0 spiro atoms. The smallest absolute Gasteiger partial charge is 0.0628 e. The van der Waals surface area contributed by atoms with Crippen molar-refractivity contribution in [1.82, 2.24) is 0 Å². The summed E-state index contributed by atoms with van der Waals surface area (Å²) in [5.41, 5.74) is 7.25. The van der Waals surface area contributed by atoms with Crippen molar-refractivity contribution in [2.45, 2.75) is 43.4 Å². The van der Waals surface area contributed by atoms with Gasteiger partial charge in [-0.3, -0.25) is 0 Å². The molecule has 2 nitrogen and oxygen atoms in total. The lowest BCUT2D eigenvalue weighted by atomic mass is 10.1. The second-order valence-electron chi connectivity index (χ2n) is 4.41. The maximum absolute atomic E-state index is 9.57. The van der Waals surface area contributed by atoms with Gasteiger partial charge >= 0.3 is 0 Å². The van der Waals surface area contributed by atoms with Crippen LogP contribution in [0.25, 0.3) is 0 Å². The standard InChI is InChI=1S/C13H20BrNOS/c1-8(15)13(17-10(3)9(2)16)11-4-6-12(14)7-5-11/h4-10,13,16H,15H2,1-3H3. The minimum Gasteiger partial charge on any atom is -0.392 e.